The summed E-state index contributed by atoms with van der Waals surface area (Å²) in [5, 5.41) is 3.59. The maximum atomic E-state index is 13.3. The van der Waals surface area contributed by atoms with Crippen LogP contribution in [0.25, 0.3) is 17.0 Å². The lowest BCUT2D eigenvalue weighted by atomic mass is 10.0. The Balaban J connectivity index is 1.71. The Bertz CT molecular complexity index is 1470. The molecule has 2 aromatic heterocycles. The molecule has 1 N–H and O–H groups in total. The second kappa shape index (κ2) is 7.39. The van der Waals surface area contributed by atoms with Gasteiger partial charge in [0.05, 0.1) is 17.3 Å². The quantitative estimate of drug-likeness (QED) is 0.502. The lowest BCUT2D eigenvalue weighted by Crippen LogP contribution is -2.26. The van der Waals surface area contributed by atoms with Crippen molar-refractivity contribution in [3.63, 3.8) is 0 Å². The van der Waals surface area contributed by atoms with E-state index in [1.807, 2.05) is 25.1 Å². The predicted octanol–water partition coefficient (Wildman–Crippen LogP) is 4.47. The van der Waals surface area contributed by atoms with Gasteiger partial charge in [-0.05, 0) is 50.2 Å². The molecule has 3 heterocycles. The van der Waals surface area contributed by atoms with Crippen LogP contribution in [0.2, 0.25) is 5.02 Å². The summed E-state index contributed by atoms with van der Waals surface area (Å²) in [6.07, 6.45) is 0. The van der Waals surface area contributed by atoms with Crippen LogP contribution in [0.1, 0.15) is 34.6 Å². The summed E-state index contributed by atoms with van der Waals surface area (Å²) in [6, 6.07) is 16.7. The third-order valence-electron chi connectivity index (χ3n) is 5.67. The highest BCUT2D eigenvalue weighted by Crippen LogP contribution is 2.41. The van der Waals surface area contributed by atoms with Crippen molar-refractivity contribution in [1.82, 2.24) is 9.78 Å². The van der Waals surface area contributed by atoms with Gasteiger partial charge < -0.3 is 9.32 Å². The number of benzene rings is 2. The van der Waals surface area contributed by atoms with Gasteiger partial charge in [0.25, 0.3) is 11.5 Å². The molecule has 1 unspecified atom stereocenters. The van der Waals surface area contributed by atoms with E-state index in [0.717, 1.165) is 0 Å². The second-order valence-electron chi connectivity index (χ2n) is 7.64. The standard InChI is InChI=1S/C24H18ClN3O4/c1-13-20(24(31)28(26-13)17-6-4-3-5-7-17)22-21-14(2)27(16-10-8-15(25)9-11-16)23(30)18(21)12-19(29)32-22/h3-12,14,26H,1-2H3. The first-order valence-electron chi connectivity index (χ1n) is 10.0. The number of carbonyl (C=O) groups excluding carboxylic acids is 1. The zero-order valence-corrected chi connectivity index (χ0v) is 18.0. The van der Waals surface area contributed by atoms with Gasteiger partial charge in [-0.2, -0.15) is 0 Å². The predicted molar refractivity (Wildman–Crippen MR) is 122 cm³/mol. The number of anilines is 1. The minimum atomic E-state index is -0.691. The number of amides is 1. The molecule has 1 aliphatic heterocycles. The van der Waals surface area contributed by atoms with Crippen LogP contribution < -0.4 is 16.1 Å². The molecule has 4 aromatic rings. The Morgan fingerprint density at radius 2 is 1.66 bits per heavy atom. The number of nitrogens with zero attached hydrogens (tertiary/aromatic N) is 2. The van der Waals surface area contributed by atoms with Crippen molar-refractivity contribution in [3.8, 4) is 17.0 Å². The normalized spacial score (nSPS) is 15.3. The van der Waals surface area contributed by atoms with Gasteiger partial charge >= 0.3 is 5.63 Å². The second-order valence-corrected chi connectivity index (χ2v) is 8.07. The fraction of sp³-hybridized carbons (Fsp3) is 0.125. The number of aryl methyl sites for hydroxylation is 1. The minimum Gasteiger partial charge on any atom is -0.422 e. The third-order valence-corrected chi connectivity index (χ3v) is 5.92. The minimum absolute atomic E-state index is 0.109. The number of nitrogens with one attached hydrogen (secondary N) is 1. The molecule has 7 nitrogen and oxygen atoms in total. The van der Waals surface area contributed by atoms with Crippen molar-refractivity contribution in [2.24, 2.45) is 0 Å². The highest BCUT2D eigenvalue weighted by Gasteiger charge is 2.40. The van der Waals surface area contributed by atoms with Crippen LogP contribution in [0.3, 0.4) is 0 Å². The lowest BCUT2D eigenvalue weighted by molar-refractivity contribution is 0.0992. The molecule has 1 amide bonds. The van der Waals surface area contributed by atoms with Crippen molar-refractivity contribution < 1.29 is 9.21 Å². The molecule has 5 rings (SSSR count). The Hall–Kier alpha value is -3.84. The number of halogens is 1. The van der Waals surface area contributed by atoms with Crippen molar-refractivity contribution in [1.29, 1.82) is 0 Å². The molecule has 0 aliphatic carbocycles. The molecule has 160 valence electrons. The molecule has 32 heavy (non-hydrogen) atoms. The Kier molecular flexibility index (Phi) is 4.64. The average Bonchev–Trinajstić information content (AvgIpc) is 3.21. The third kappa shape index (κ3) is 3.01. The van der Waals surface area contributed by atoms with E-state index >= 15 is 0 Å². The van der Waals surface area contributed by atoms with Gasteiger partial charge in [-0.15, -0.1) is 0 Å². The zero-order chi connectivity index (χ0) is 22.6. The van der Waals surface area contributed by atoms with Crippen LogP contribution >= 0.6 is 11.6 Å². The Morgan fingerprint density at radius 3 is 2.34 bits per heavy atom. The van der Waals surface area contributed by atoms with Crippen LogP contribution in [0.4, 0.5) is 5.69 Å². The van der Waals surface area contributed by atoms with Gasteiger partial charge in [0.2, 0.25) is 0 Å². The van der Waals surface area contributed by atoms with Crippen LogP contribution in [-0.4, -0.2) is 15.7 Å². The molecule has 0 fully saturated rings. The molecule has 0 bridgehead atoms. The highest BCUT2D eigenvalue weighted by molar-refractivity contribution is 6.30. The summed E-state index contributed by atoms with van der Waals surface area (Å²) < 4.78 is 6.94. The number of aromatic nitrogens is 2. The Morgan fingerprint density at radius 1 is 0.969 bits per heavy atom. The molecular weight excluding hydrogens is 430 g/mol. The van der Waals surface area contributed by atoms with E-state index in [4.69, 9.17) is 16.0 Å². The van der Waals surface area contributed by atoms with Crippen molar-refractivity contribution >= 4 is 23.2 Å². The van der Waals surface area contributed by atoms with Gasteiger partial charge in [-0.25, -0.2) is 9.48 Å². The average molecular weight is 448 g/mol. The molecular formula is C24H18ClN3O4. The number of rotatable bonds is 3. The summed E-state index contributed by atoms with van der Waals surface area (Å²) in [5.74, 6) is -0.223. The van der Waals surface area contributed by atoms with Gasteiger partial charge in [0, 0.05) is 28.0 Å². The van der Waals surface area contributed by atoms with E-state index in [9.17, 15) is 14.4 Å². The monoisotopic (exact) mass is 447 g/mol. The molecule has 1 atom stereocenters. The summed E-state index contributed by atoms with van der Waals surface area (Å²) in [7, 11) is 0. The molecule has 0 radical (unpaired) electrons. The first-order valence-corrected chi connectivity index (χ1v) is 10.4. The molecule has 8 heteroatoms. The maximum absolute atomic E-state index is 13.3. The molecule has 0 saturated carbocycles. The first kappa shape index (κ1) is 20.1. The van der Waals surface area contributed by atoms with Gasteiger partial charge in [0.1, 0.15) is 5.56 Å². The number of fused-ring (bicyclic) bond motifs is 1. The number of hydrogen-bond acceptors (Lipinski definition) is 4. The van der Waals surface area contributed by atoms with Crippen LogP contribution in [0, 0.1) is 6.92 Å². The van der Waals surface area contributed by atoms with Crippen LogP contribution in [-0.2, 0) is 0 Å². The topological polar surface area (TPSA) is 88.3 Å². The summed E-state index contributed by atoms with van der Waals surface area (Å²) in [4.78, 5) is 40.5. The van der Waals surface area contributed by atoms with E-state index in [-0.39, 0.29) is 28.4 Å². The largest absolute Gasteiger partial charge is 0.422 e. The SMILES string of the molecule is Cc1[nH]n(-c2ccccc2)c(=O)c1-c1oc(=O)cc2c1C(C)N(c1ccc(Cl)cc1)C2=O. The number of hydrogen-bond donors (Lipinski definition) is 1. The van der Waals surface area contributed by atoms with Crippen LogP contribution in [0.5, 0.6) is 0 Å². The van der Waals surface area contributed by atoms with E-state index in [0.29, 0.717) is 27.7 Å². The van der Waals surface area contributed by atoms with E-state index in [2.05, 4.69) is 5.10 Å². The fourth-order valence-electron chi connectivity index (χ4n) is 4.23. The van der Waals surface area contributed by atoms with Gasteiger partial charge in [-0.1, -0.05) is 29.8 Å². The van der Waals surface area contributed by atoms with E-state index in [1.54, 1.807) is 48.2 Å². The number of para-hydroxylation sites is 1. The van der Waals surface area contributed by atoms with Crippen molar-refractivity contribution in [3.05, 3.63) is 103 Å². The summed E-state index contributed by atoms with van der Waals surface area (Å²) in [5.41, 5.74) is 1.70. The lowest BCUT2D eigenvalue weighted by Gasteiger charge is -2.22. The number of carbonyl (C=O) groups is 1. The number of H-pyrrole nitrogens is 1. The Labute approximate surface area is 187 Å². The molecule has 0 saturated heterocycles. The van der Waals surface area contributed by atoms with Crippen molar-refractivity contribution in [2.45, 2.75) is 19.9 Å². The van der Waals surface area contributed by atoms with Crippen LogP contribution in [0.15, 0.2) is 74.7 Å². The summed E-state index contributed by atoms with van der Waals surface area (Å²) >= 11 is 5.99. The molecule has 2 aromatic carbocycles. The summed E-state index contributed by atoms with van der Waals surface area (Å²) in [6.45, 7) is 3.56. The smallest absolute Gasteiger partial charge is 0.337 e. The number of aromatic amines is 1. The van der Waals surface area contributed by atoms with Crippen molar-refractivity contribution in [2.75, 3.05) is 4.90 Å². The maximum Gasteiger partial charge on any atom is 0.337 e. The molecule has 0 spiro atoms. The van der Waals surface area contributed by atoms with E-state index < -0.39 is 11.7 Å². The van der Waals surface area contributed by atoms with Gasteiger partial charge in [-0.3, -0.25) is 14.7 Å². The first-order chi connectivity index (χ1) is 15.4. The van der Waals surface area contributed by atoms with E-state index in [1.165, 1.54) is 10.7 Å². The fourth-order valence-corrected chi connectivity index (χ4v) is 4.36. The van der Waals surface area contributed by atoms with Gasteiger partial charge in [0.15, 0.2) is 5.76 Å². The highest BCUT2D eigenvalue weighted by atomic mass is 35.5. The molecule has 1 aliphatic rings. The zero-order valence-electron chi connectivity index (χ0n) is 17.3.